The van der Waals surface area contributed by atoms with Gasteiger partial charge >= 0.3 is 0 Å². The lowest BCUT2D eigenvalue weighted by molar-refractivity contribution is 0.447. The zero-order valence-electron chi connectivity index (χ0n) is 11.9. The molecular weight excluding hydrogens is 225 g/mol. The second-order valence-electron chi connectivity index (χ2n) is 5.05. The molecule has 0 aliphatic heterocycles. The van der Waals surface area contributed by atoms with Crippen LogP contribution in [0.25, 0.3) is 0 Å². The van der Waals surface area contributed by atoms with Crippen molar-refractivity contribution in [1.82, 2.24) is 5.32 Å². The normalized spacial score (nSPS) is 11.2. The molecule has 18 heavy (non-hydrogen) atoms. The Kier molecular flexibility index (Phi) is 6.96. The van der Waals surface area contributed by atoms with Crippen molar-refractivity contribution in [3.63, 3.8) is 0 Å². The van der Waals surface area contributed by atoms with Crippen molar-refractivity contribution < 1.29 is 4.39 Å². The molecule has 1 nitrogen and oxygen atoms in total. The van der Waals surface area contributed by atoms with Gasteiger partial charge in [0.1, 0.15) is 5.82 Å². The first-order valence-corrected chi connectivity index (χ1v) is 7.15. The molecule has 0 spiro atoms. The molecule has 1 aromatic rings. The lowest BCUT2D eigenvalue weighted by Crippen LogP contribution is -2.30. The summed E-state index contributed by atoms with van der Waals surface area (Å²) in [5, 5.41) is 3.62. The van der Waals surface area contributed by atoms with E-state index in [4.69, 9.17) is 0 Å². The Bertz CT molecular complexity index is 343. The average Bonchev–Trinajstić information content (AvgIpc) is 2.32. The summed E-state index contributed by atoms with van der Waals surface area (Å²) in [5.41, 5.74) is 2.30. The third-order valence-corrected chi connectivity index (χ3v) is 3.41. The monoisotopic (exact) mass is 251 g/mol. The summed E-state index contributed by atoms with van der Waals surface area (Å²) in [7, 11) is 0. The maximum atomic E-state index is 13.0. The van der Waals surface area contributed by atoms with Crippen molar-refractivity contribution >= 4 is 0 Å². The third kappa shape index (κ3) is 5.18. The second-order valence-corrected chi connectivity index (χ2v) is 5.05. The molecule has 0 fully saturated rings. The van der Waals surface area contributed by atoms with Gasteiger partial charge in [-0.3, -0.25) is 0 Å². The minimum Gasteiger partial charge on any atom is -0.314 e. The highest BCUT2D eigenvalue weighted by Crippen LogP contribution is 2.11. The summed E-state index contributed by atoms with van der Waals surface area (Å²) in [6.45, 7) is 7.42. The van der Waals surface area contributed by atoms with Crippen molar-refractivity contribution in [2.24, 2.45) is 0 Å². The Balaban J connectivity index is 2.39. The molecule has 0 aliphatic carbocycles. The minimum atomic E-state index is -0.140. The molecule has 0 saturated carbocycles. The molecule has 0 heterocycles. The van der Waals surface area contributed by atoms with E-state index < -0.39 is 0 Å². The van der Waals surface area contributed by atoms with Crippen LogP contribution in [0.4, 0.5) is 4.39 Å². The topological polar surface area (TPSA) is 12.0 Å². The lowest BCUT2D eigenvalue weighted by Gasteiger charge is -2.17. The van der Waals surface area contributed by atoms with E-state index in [-0.39, 0.29) is 5.82 Å². The van der Waals surface area contributed by atoms with E-state index in [0.717, 1.165) is 18.5 Å². The molecule has 0 aromatic heterocycles. The first-order chi connectivity index (χ1) is 8.67. The van der Waals surface area contributed by atoms with Crippen LogP contribution in [-0.4, -0.2) is 12.6 Å². The van der Waals surface area contributed by atoms with Gasteiger partial charge < -0.3 is 5.32 Å². The van der Waals surface area contributed by atoms with E-state index in [1.807, 2.05) is 13.0 Å². The van der Waals surface area contributed by atoms with Gasteiger partial charge in [-0.25, -0.2) is 4.39 Å². The molecule has 0 radical (unpaired) electrons. The quantitative estimate of drug-likeness (QED) is 0.729. The van der Waals surface area contributed by atoms with E-state index in [1.54, 1.807) is 12.1 Å². The van der Waals surface area contributed by atoms with Crippen LogP contribution in [0, 0.1) is 12.7 Å². The van der Waals surface area contributed by atoms with Crippen LogP contribution in [-0.2, 0) is 6.42 Å². The van der Waals surface area contributed by atoms with Crippen LogP contribution in [0.1, 0.15) is 50.7 Å². The highest BCUT2D eigenvalue weighted by molar-refractivity contribution is 5.26. The second kappa shape index (κ2) is 8.25. The Hall–Kier alpha value is -0.890. The van der Waals surface area contributed by atoms with Crippen molar-refractivity contribution in [3.05, 3.63) is 35.1 Å². The van der Waals surface area contributed by atoms with Crippen molar-refractivity contribution in [2.45, 2.75) is 58.9 Å². The Morgan fingerprint density at radius 3 is 2.39 bits per heavy atom. The van der Waals surface area contributed by atoms with Crippen molar-refractivity contribution in [3.8, 4) is 0 Å². The van der Waals surface area contributed by atoms with Gasteiger partial charge in [0.05, 0.1) is 0 Å². The third-order valence-electron chi connectivity index (χ3n) is 3.41. The number of aryl methyl sites for hydroxylation is 1. The van der Waals surface area contributed by atoms with Crippen LogP contribution in [0.5, 0.6) is 0 Å². The fraction of sp³-hybridized carbons (Fsp3) is 0.625. The smallest absolute Gasteiger partial charge is 0.123 e. The summed E-state index contributed by atoms with van der Waals surface area (Å²) in [5.74, 6) is -0.140. The van der Waals surface area contributed by atoms with Gasteiger partial charge in [0.15, 0.2) is 0 Å². The van der Waals surface area contributed by atoms with E-state index in [1.165, 1.54) is 31.2 Å². The maximum Gasteiger partial charge on any atom is 0.123 e. The molecule has 102 valence electrons. The van der Waals surface area contributed by atoms with Crippen molar-refractivity contribution in [2.75, 3.05) is 6.54 Å². The molecule has 0 unspecified atom stereocenters. The highest BCUT2D eigenvalue weighted by Gasteiger charge is 2.06. The molecule has 0 aliphatic rings. The summed E-state index contributed by atoms with van der Waals surface area (Å²) >= 11 is 0. The maximum absolute atomic E-state index is 13.0. The Morgan fingerprint density at radius 1 is 1.17 bits per heavy atom. The number of nitrogens with one attached hydrogen (secondary N) is 1. The number of hydrogen-bond acceptors (Lipinski definition) is 1. The van der Waals surface area contributed by atoms with Crippen molar-refractivity contribution in [1.29, 1.82) is 0 Å². The highest BCUT2D eigenvalue weighted by atomic mass is 19.1. The molecule has 0 atom stereocenters. The van der Waals surface area contributed by atoms with Gasteiger partial charge in [0, 0.05) is 6.04 Å². The van der Waals surface area contributed by atoms with Crippen LogP contribution >= 0.6 is 0 Å². The minimum absolute atomic E-state index is 0.140. The van der Waals surface area contributed by atoms with E-state index in [2.05, 4.69) is 19.2 Å². The van der Waals surface area contributed by atoms with Crippen LogP contribution in [0.2, 0.25) is 0 Å². The predicted molar refractivity (Wildman–Crippen MR) is 76.4 cm³/mol. The number of halogens is 1. The Labute approximate surface area is 111 Å². The van der Waals surface area contributed by atoms with Gasteiger partial charge in [0.25, 0.3) is 0 Å². The number of rotatable bonds is 8. The molecule has 0 bridgehead atoms. The fourth-order valence-electron chi connectivity index (χ4n) is 2.40. The van der Waals surface area contributed by atoms with Crippen LogP contribution in [0.15, 0.2) is 18.2 Å². The predicted octanol–water partition coefficient (Wildman–Crippen LogP) is 4.24. The van der Waals surface area contributed by atoms with E-state index in [0.29, 0.717) is 6.04 Å². The number of hydrogen-bond donors (Lipinski definition) is 1. The SMILES string of the molecule is CCCC(CCC)NCCc1ccc(F)cc1C. The molecule has 1 aromatic carbocycles. The van der Waals surface area contributed by atoms with Crippen LogP contribution in [0.3, 0.4) is 0 Å². The van der Waals surface area contributed by atoms with E-state index >= 15 is 0 Å². The summed E-state index contributed by atoms with van der Waals surface area (Å²) in [4.78, 5) is 0. The summed E-state index contributed by atoms with van der Waals surface area (Å²) in [6.07, 6.45) is 5.93. The standard InChI is InChI=1S/C16H26FN/c1-4-6-16(7-5-2)18-11-10-14-8-9-15(17)12-13(14)3/h8-9,12,16,18H,4-7,10-11H2,1-3H3. The average molecular weight is 251 g/mol. The summed E-state index contributed by atoms with van der Waals surface area (Å²) < 4.78 is 13.0. The largest absolute Gasteiger partial charge is 0.314 e. The molecular formula is C16H26FN. The molecule has 1 N–H and O–H groups in total. The first-order valence-electron chi connectivity index (χ1n) is 7.15. The fourth-order valence-corrected chi connectivity index (χ4v) is 2.40. The Morgan fingerprint density at radius 2 is 1.83 bits per heavy atom. The zero-order chi connectivity index (χ0) is 13.4. The zero-order valence-corrected chi connectivity index (χ0v) is 11.9. The number of benzene rings is 1. The van der Waals surface area contributed by atoms with Gasteiger partial charge in [-0.1, -0.05) is 32.8 Å². The molecule has 1 rings (SSSR count). The molecule has 0 amide bonds. The van der Waals surface area contributed by atoms with Gasteiger partial charge in [-0.2, -0.15) is 0 Å². The van der Waals surface area contributed by atoms with Gasteiger partial charge in [0.2, 0.25) is 0 Å². The van der Waals surface area contributed by atoms with Gasteiger partial charge in [-0.05, 0) is 56.0 Å². The molecule has 0 saturated heterocycles. The van der Waals surface area contributed by atoms with Crippen LogP contribution < -0.4 is 5.32 Å². The van der Waals surface area contributed by atoms with E-state index in [9.17, 15) is 4.39 Å². The summed E-state index contributed by atoms with van der Waals surface area (Å²) in [6, 6.07) is 5.71. The lowest BCUT2D eigenvalue weighted by atomic mass is 10.0. The first kappa shape index (κ1) is 15.2. The van der Waals surface area contributed by atoms with Gasteiger partial charge in [-0.15, -0.1) is 0 Å². The molecule has 2 heteroatoms.